The average molecular weight is 261 g/mol. The van der Waals surface area contributed by atoms with Crippen LogP contribution in [0.1, 0.15) is 9.75 Å². The van der Waals surface area contributed by atoms with Crippen LogP contribution in [0.3, 0.4) is 0 Å². The minimum Gasteiger partial charge on any atom is -0.312 e. The molecule has 0 spiro atoms. The molecule has 3 nitrogen and oxygen atoms in total. The molecule has 0 aliphatic carbocycles. The molecular formula is C10H6F3NO2S. The summed E-state index contributed by atoms with van der Waals surface area (Å²) >= 11 is 1.28. The van der Waals surface area contributed by atoms with Gasteiger partial charge in [0.2, 0.25) is 0 Å². The van der Waals surface area contributed by atoms with Gasteiger partial charge >= 0.3 is 12.1 Å². The van der Waals surface area contributed by atoms with Crippen LogP contribution in [0.4, 0.5) is 13.2 Å². The van der Waals surface area contributed by atoms with Gasteiger partial charge in [-0.2, -0.15) is 13.2 Å². The average Bonchev–Trinajstić information content (AvgIpc) is 2.74. The van der Waals surface area contributed by atoms with Gasteiger partial charge in [0, 0.05) is 9.75 Å². The zero-order valence-electron chi connectivity index (χ0n) is 8.54. The lowest BCUT2D eigenvalue weighted by atomic mass is 10.1. The van der Waals surface area contributed by atoms with E-state index in [1.54, 1.807) is 12.1 Å². The second-order valence-electron chi connectivity index (χ2n) is 3.32. The molecule has 1 aliphatic heterocycles. The first-order chi connectivity index (χ1) is 7.88. The number of carbonyl (C=O) groups excluding carboxylic acids is 1. The van der Waals surface area contributed by atoms with Gasteiger partial charge in [0.25, 0.3) is 0 Å². The third-order valence-corrected chi connectivity index (χ3v) is 2.96. The summed E-state index contributed by atoms with van der Waals surface area (Å²) in [6.45, 7) is 1.82. The summed E-state index contributed by atoms with van der Waals surface area (Å²) in [6, 6.07) is 3.38. The van der Waals surface area contributed by atoms with Gasteiger partial charge in [-0.15, -0.1) is 11.3 Å². The second-order valence-corrected chi connectivity index (χ2v) is 4.64. The van der Waals surface area contributed by atoms with Gasteiger partial charge in [-0.1, -0.05) is 5.16 Å². The smallest absolute Gasteiger partial charge is 0.312 e. The van der Waals surface area contributed by atoms with E-state index in [1.165, 1.54) is 11.3 Å². The predicted octanol–water partition coefficient (Wildman–Crippen LogP) is 2.92. The Hall–Kier alpha value is -1.63. The van der Waals surface area contributed by atoms with Crippen molar-refractivity contribution < 1.29 is 22.8 Å². The van der Waals surface area contributed by atoms with Gasteiger partial charge in [-0.05, 0) is 25.1 Å². The van der Waals surface area contributed by atoms with Crippen molar-refractivity contribution in [3.05, 3.63) is 27.5 Å². The molecule has 2 rings (SSSR count). The highest BCUT2D eigenvalue weighted by molar-refractivity contribution is 7.12. The Morgan fingerprint density at radius 2 is 2.12 bits per heavy atom. The molecule has 0 saturated carbocycles. The monoisotopic (exact) mass is 261 g/mol. The van der Waals surface area contributed by atoms with Crippen molar-refractivity contribution in [2.24, 2.45) is 5.16 Å². The van der Waals surface area contributed by atoms with Crippen molar-refractivity contribution in [1.29, 1.82) is 0 Å². The fourth-order valence-electron chi connectivity index (χ4n) is 1.29. The van der Waals surface area contributed by atoms with Crippen LogP contribution in [-0.2, 0) is 9.63 Å². The molecule has 17 heavy (non-hydrogen) atoms. The number of hydrogen-bond acceptors (Lipinski definition) is 4. The van der Waals surface area contributed by atoms with E-state index in [4.69, 9.17) is 0 Å². The van der Waals surface area contributed by atoms with Crippen LogP contribution < -0.4 is 0 Å². The molecule has 1 aromatic heterocycles. The van der Waals surface area contributed by atoms with Crippen LogP contribution in [0.5, 0.6) is 0 Å². The van der Waals surface area contributed by atoms with E-state index in [-0.39, 0.29) is 0 Å². The molecule has 7 heteroatoms. The van der Waals surface area contributed by atoms with Crippen LogP contribution in [0.25, 0.3) is 6.08 Å². The Kier molecular flexibility index (Phi) is 2.78. The van der Waals surface area contributed by atoms with Crippen LogP contribution in [0.15, 0.2) is 22.9 Å². The number of aryl methyl sites for hydroxylation is 1. The van der Waals surface area contributed by atoms with Gasteiger partial charge in [0.1, 0.15) is 0 Å². The zero-order valence-corrected chi connectivity index (χ0v) is 9.35. The third kappa shape index (κ3) is 2.38. The maximum atomic E-state index is 12.5. The molecule has 1 aliphatic rings. The number of rotatable bonds is 1. The van der Waals surface area contributed by atoms with Gasteiger partial charge in [0.15, 0.2) is 5.71 Å². The highest BCUT2D eigenvalue weighted by Gasteiger charge is 2.45. The molecule has 0 saturated heterocycles. The molecule has 0 aromatic carbocycles. The minimum atomic E-state index is -4.69. The van der Waals surface area contributed by atoms with Crippen LogP contribution in [-0.4, -0.2) is 17.9 Å². The number of thiophene rings is 1. The number of nitrogens with zero attached hydrogens (tertiary/aromatic N) is 1. The molecule has 90 valence electrons. The van der Waals surface area contributed by atoms with Gasteiger partial charge < -0.3 is 4.84 Å². The summed E-state index contributed by atoms with van der Waals surface area (Å²) in [5.74, 6) is -1.08. The maximum Gasteiger partial charge on any atom is 0.437 e. The zero-order chi connectivity index (χ0) is 12.6. The first-order valence-electron chi connectivity index (χ1n) is 4.53. The summed E-state index contributed by atoms with van der Waals surface area (Å²) in [7, 11) is 0. The quantitative estimate of drug-likeness (QED) is 0.576. The Bertz CT molecular complexity index is 528. The van der Waals surface area contributed by atoms with E-state index in [0.717, 1.165) is 11.0 Å². The van der Waals surface area contributed by atoms with E-state index in [2.05, 4.69) is 9.99 Å². The lowest BCUT2D eigenvalue weighted by Gasteiger charge is -2.03. The second kappa shape index (κ2) is 3.99. The standard InChI is InChI=1S/C10H6F3NO2S/c1-5-2-3-6(17-5)4-7-8(10(11,12)13)14-16-9(7)15/h2-4H,1H3/b7-4-. The topological polar surface area (TPSA) is 38.7 Å². The van der Waals surface area contributed by atoms with Crippen molar-refractivity contribution in [1.82, 2.24) is 0 Å². The molecule has 1 aromatic rings. The highest BCUT2D eigenvalue weighted by Crippen LogP contribution is 2.29. The van der Waals surface area contributed by atoms with Crippen molar-refractivity contribution >= 4 is 29.1 Å². The largest absolute Gasteiger partial charge is 0.437 e. The fourth-order valence-corrected chi connectivity index (χ4v) is 2.11. The van der Waals surface area contributed by atoms with E-state index >= 15 is 0 Å². The van der Waals surface area contributed by atoms with Gasteiger partial charge in [0.05, 0.1) is 5.57 Å². The van der Waals surface area contributed by atoms with Crippen LogP contribution in [0.2, 0.25) is 0 Å². The van der Waals surface area contributed by atoms with E-state index in [9.17, 15) is 18.0 Å². The molecule has 0 unspecified atom stereocenters. The number of halogens is 3. The summed E-state index contributed by atoms with van der Waals surface area (Å²) in [5, 5.41) is 2.75. The van der Waals surface area contributed by atoms with Crippen molar-refractivity contribution in [3.8, 4) is 0 Å². The van der Waals surface area contributed by atoms with E-state index < -0.39 is 23.4 Å². The molecule has 0 amide bonds. The minimum absolute atomic E-state index is 0.549. The predicted molar refractivity (Wildman–Crippen MR) is 56.6 cm³/mol. The first kappa shape index (κ1) is 11.8. The first-order valence-corrected chi connectivity index (χ1v) is 5.34. The Labute approximate surface area is 98.2 Å². The van der Waals surface area contributed by atoms with Crippen molar-refractivity contribution in [2.75, 3.05) is 0 Å². The number of hydrogen-bond donors (Lipinski definition) is 0. The summed E-state index contributed by atoms with van der Waals surface area (Å²) < 4.78 is 37.5. The number of carbonyl (C=O) groups is 1. The number of alkyl halides is 3. The summed E-state index contributed by atoms with van der Waals surface area (Å²) in [5.41, 5.74) is -1.84. The highest BCUT2D eigenvalue weighted by atomic mass is 32.1. The molecule has 0 N–H and O–H groups in total. The molecule has 0 bridgehead atoms. The lowest BCUT2D eigenvalue weighted by molar-refractivity contribution is -0.136. The molecule has 0 radical (unpaired) electrons. The fraction of sp³-hybridized carbons (Fsp3) is 0.200. The molecule has 0 atom stereocenters. The maximum absolute atomic E-state index is 12.5. The third-order valence-electron chi connectivity index (χ3n) is 2.01. The summed E-state index contributed by atoms with van der Waals surface area (Å²) in [4.78, 5) is 16.7. The van der Waals surface area contributed by atoms with E-state index in [1.807, 2.05) is 6.92 Å². The lowest BCUT2D eigenvalue weighted by Crippen LogP contribution is -2.24. The summed E-state index contributed by atoms with van der Waals surface area (Å²) in [6.07, 6.45) is -3.55. The Morgan fingerprint density at radius 1 is 1.41 bits per heavy atom. The molecule has 0 fully saturated rings. The van der Waals surface area contributed by atoms with Crippen molar-refractivity contribution in [2.45, 2.75) is 13.1 Å². The molecule has 2 heterocycles. The SMILES string of the molecule is Cc1ccc(/C=C2\C(=O)ON=C2C(F)(F)F)s1. The van der Waals surface area contributed by atoms with Gasteiger partial charge in [-0.3, -0.25) is 0 Å². The Morgan fingerprint density at radius 3 is 2.65 bits per heavy atom. The van der Waals surface area contributed by atoms with Crippen LogP contribution >= 0.6 is 11.3 Å². The van der Waals surface area contributed by atoms with Crippen LogP contribution in [0, 0.1) is 6.92 Å². The van der Waals surface area contributed by atoms with Crippen molar-refractivity contribution in [3.63, 3.8) is 0 Å². The van der Waals surface area contributed by atoms with E-state index in [0.29, 0.717) is 4.88 Å². The van der Waals surface area contributed by atoms with Gasteiger partial charge in [-0.25, -0.2) is 4.79 Å². The number of oxime groups is 1. The normalized spacial score (nSPS) is 18.5. The Balaban J connectivity index is 2.39. The molecular weight excluding hydrogens is 255 g/mol.